The number of nitrogens with zero attached hydrogens (tertiary/aromatic N) is 1. The Bertz CT molecular complexity index is 1780. The van der Waals surface area contributed by atoms with Crippen LogP contribution in [0.25, 0.3) is 58.4 Å². The first-order chi connectivity index (χ1) is 16.3. The van der Waals surface area contributed by atoms with E-state index in [0.717, 1.165) is 11.4 Å². The Morgan fingerprint density at radius 2 is 1.67 bits per heavy atom. The largest absolute Gasteiger partial charge is 0.497 e. The van der Waals surface area contributed by atoms with Crippen LogP contribution in [0.2, 0.25) is 0 Å². The molecule has 0 fully saturated rings. The normalized spacial score (nSPS) is 12.7. The number of ether oxygens (including phenoxy) is 1. The van der Waals surface area contributed by atoms with E-state index in [4.69, 9.17) is 4.74 Å². The zero-order valence-corrected chi connectivity index (χ0v) is 19.4. The predicted octanol–water partition coefficient (Wildman–Crippen LogP) is 8.93. The minimum atomic E-state index is 0.876. The predicted molar refractivity (Wildman–Crippen MR) is 146 cm³/mol. The fourth-order valence-electron chi connectivity index (χ4n) is 5.04. The van der Waals surface area contributed by atoms with Crippen molar-refractivity contribution in [2.75, 3.05) is 7.11 Å². The summed E-state index contributed by atoms with van der Waals surface area (Å²) in [6, 6.07) is 23.9. The summed E-state index contributed by atoms with van der Waals surface area (Å²) in [6.45, 7) is 6.05. The number of hydrogen-bond donors (Lipinski definition) is 0. The number of benzene rings is 4. The Labute approximate surface area is 196 Å². The second-order valence-corrected chi connectivity index (χ2v) is 9.17. The molecule has 2 aromatic heterocycles. The van der Waals surface area contributed by atoms with Crippen LogP contribution in [0.3, 0.4) is 0 Å². The summed E-state index contributed by atoms with van der Waals surface area (Å²) in [5.41, 5.74) is 3.52. The fourth-order valence-corrected chi connectivity index (χ4v) is 6.26. The molecule has 0 aliphatic rings. The molecule has 0 atom stereocenters. The summed E-state index contributed by atoms with van der Waals surface area (Å²) in [5.74, 6) is 0.876. The second-order valence-electron chi connectivity index (χ2n) is 8.12. The van der Waals surface area contributed by atoms with E-state index in [9.17, 15) is 0 Å². The molecule has 2 heterocycles. The molecule has 0 N–H and O–H groups in total. The first-order valence-corrected chi connectivity index (χ1v) is 11.9. The summed E-state index contributed by atoms with van der Waals surface area (Å²) >= 11 is 1.86. The van der Waals surface area contributed by atoms with Crippen molar-refractivity contribution in [1.29, 1.82) is 0 Å². The van der Waals surface area contributed by atoms with Crippen LogP contribution in [-0.4, -0.2) is 11.7 Å². The maximum absolute atomic E-state index is 5.62. The van der Waals surface area contributed by atoms with Crippen molar-refractivity contribution in [1.82, 2.24) is 4.57 Å². The quantitative estimate of drug-likeness (QED) is 0.247. The molecule has 6 rings (SSSR count). The lowest BCUT2D eigenvalue weighted by atomic mass is 9.99. The van der Waals surface area contributed by atoms with E-state index < -0.39 is 0 Å². The van der Waals surface area contributed by atoms with Gasteiger partial charge in [0.25, 0.3) is 0 Å². The third-order valence-electron chi connectivity index (χ3n) is 6.33. The number of methoxy groups -OCH3 is 1. The maximum atomic E-state index is 5.62. The Kier molecular flexibility index (Phi) is 4.60. The Balaban J connectivity index is 2.01. The van der Waals surface area contributed by atoms with Crippen LogP contribution >= 0.6 is 11.3 Å². The van der Waals surface area contributed by atoms with Crippen LogP contribution in [0.4, 0.5) is 0 Å². The van der Waals surface area contributed by atoms with E-state index in [0.29, 0.717) is 0 Å². The van der Waals surface area contributed by atoms with Crippen LogP contribution in [0.1, 0.15) is 6.92 Å². The SMILES string of the molecule is C=C/C=C(\C=C/C)n1c2ccccc2c2c3ccccc3c3sc4ccc(OC)cc4c3c21. The first kappa shape index (κ1) is 19.8. The minimum absolute atomic E-state index is 0.876. The molecule has 33 heavy (non-hydrogen) atoms. The highest BCUT2D eigenvalue weighted by Gasteiger charge is 2.21. The molecule has 6 aromatic rings. The summed E-state index contributed by atoms with van der Waals surface area (Å²) < 4.78 is 10.6. The first-order valence-electron chi connectivity index (χ1n) is 11.1. The van der Waals surface area contributed by atoms with Gasteiger partial charge in [-0.05, 0) is 48.7 Å². The van der Waals surface area contributed by atoms with Gasteiger partial charge in [-0.1, -0.05) is 61.2 Å². The number of hydrogen-bond acceptors (Lipinski definition) is 2. The van der Waals surface area contributed by atoms with Crippen LogP contribution in [0.5, 0.6) is 5.75 Å². The standard InChI is InChI=1S/C30H23NOS/c1-4-10-19(11-5-2)31-25-15-9-8-14-23(25)27-21-12-6-7-13-22(21)30-28(29(27)31)24-18-20(32-3)16-17-26(24)33-30/h4-18H,1H2,2-3H3/b11-5-,19-10+. The number of fused-ring (bicyclic) bond motifs is 10. The van der Waals surface area contributed by atoms with E-state index in [1.807, 2.05) is 17.4 Å². The molecule has 0 saturated carbocycles. The molecule has 0 saturated heterocycles. The van der Waals surface area contributed by atoms with Crippen LogP contribution < -0.4 is 4.74 Å². The molecular formula is C30H23NOS. The van der Waals surface area contributed by atoms with Crippen molar-refractivity contribution in [2.45, 2.75) is 6.92 Å². The van der Waals surface area contributed by atoms with Crippen molar-refractivity contribution in [3.63, 3.8) is 0 Å². The van der Waals surface area contributed by atoms with Gasteiger partial charge < -0.3 is 9.30 Å². The highest BCUT2D eigenvalue weighted by Crippen LogP contribution is 2.48. The zero-order chi connectivity index (χ0) is 22.5. The van der Waals surface area contributed by atoms with E-state index in [2.05, 4.69) is 103 Å². The number of aromatic nitrogens is 1. The van der Waals surface area contributed by atoms with Crippen molar-refractivity contribution in [3.05, 3.63) is 97.6 Å². The van der Waals surface area contributed by atoms with Crippen LogP contribution in [0, 0.1) is 0 Å². The van der Waals surface area contributed by atoms with Gasteiger partial charge >= 0.3 is 0 Å². The average molecular weight is 446 g/mol. The molecule has 0 radical (unpaired) electrons. The van der Waals surface area contributed by atoms with Gasteiger partial charge in [0.15, 0.2) is 0 Å². The van der Waals surface area contributed by atoms with Gasteiger partial charge in [0, 0.05) is 42.0 Å². The molecule has 4 aromatic carbocycles. The number of para-hydroxylation sites is 1. The van der Waals surface area contributed by atoms with Crippen molar-refractivity contribution >= 4 is 69.8 Å². The number of rotatable bonds is 4. The third-order valence-corrected chi connectivity index (χ3v) is 7.54. The molecule has 3 heteroatoms. The minimum Gasteiger partial charge on any atom is -0.497 e. The van der Waals surface area contributed by atoms with Gasteiger partial charge in [-0.15, -0.1) is 11.3 Å². The number of thiophene rings is 1. The van der Waals surface area contributed by atoms with Crippen molar-refractivity contribution in [2.24, 2.45) is 0 Å². The van der Waals surface area contributed by atoms with Gasteiger partial charge in [-0.3, -0.25) is 0 Å². The van der Waals surface area contributed by atoms with Crippen LogP contribution in [-0.2, 0) is 0 Å². The van der Waals surface area contributed by atoms with Crippen molar-refractivity contribution in [3.8, 4) is 5.75 Å². The van der Waals surface area contributed by atoms with Gasteiger partial charge in [0.2, 0.25) is 0 Å². The summed E-state index contributed by atoms with van der Waals surface area (Å²) in [6.07, 6.45) is 8.19. The maximum Gasteiger partial charge on any atom is 0.119 e. The third kappa shape index (κ3) is 2.79. The Morgan fingerprint density at radius 3 is 2.42 bits per heavy atom. The number of allylic oxidation sites excluding steroid dienone is 5. The molecule has 0 amide bonds. The second kappa shape index (κ2) is 7.65. The van der Waals surface area contributed by atoms with E-state index >= 15 is 0 Å². The molecule has 0 unspecified atom stereocenters. The molecular weight excluding hydrogens is 422 g/mol. The molecule has 0 aliphatic carbocycles. The van der Waals surface area contributed by atoms with E-state index in [1.54, 1.807) is 7.11 Å². The summed E-state index contributed by atoms with van der Waals surface area (Å²) in [5, 5.41) is 7.63. The van der Waals surface area contributed by atoms with Gasteiger partial charge in [-0.2, -0.15) is 0 Å². The smallest absolute Gasteiger partial charge is 0.119 e. The summed E-state index contributed by atoms with van der Waals surface area (Å²) in [7, 11) is 1.73. The lowest BCUT2D eigenvalue weighted by Gasteiger charge is -2.11. The van der Waals surface area contributed by atoms with Gasteiger partial charge in [0.05, 0.1) is 18.1 Å². The average Bonchev–Trinajstić information content (AvgIpc) is 3.40. The van der Waals surface area contributed by atoms with Crippen molar-refractivity contribution < 1.29 is 4.74 Å². The molecule has 0 aliphatic heterocycles. The fraction of sp³-hybridized carbons (Fsp3) is 0.0667. The van der Waals surface area contributed by atoms with Gasteiger partial charge in [0.1, 0.15) is 5.75 Å². The summed E-state index contributed by atoms with van der Waals surface area (Å²) in [4.78, 5) is 0. The van der Waals surface area contributed by atoms with Gasteiger partial charge in [-0.25, -0.2) is 0 Å². The lowest BCUT2D eigenvalue weighted by molar-refractivity contribution is 0.415. The monoisotopic (exact) mass is 445 g/mol. The molecule has 0 spiro atoms. The highest BCUT2D eigenvalue weighted by atomic mass is 32.1. The Morgan fingerprint density at radius 1 is 0.909 bits per heavy atom. The zero-order valence-electron chi connectivity index (χ0n) is 18.6. The molecule has 160 valence electrons. The molecule has 0 bridgehead atoms. The van der Waals surface area contributed by atoms with Crippen LogP contribution in [0.15, 0.2) is 97.6 Å². The lowest BCUT2D eigenvalue weighted by Crippen LogP contribution is -1.95. The highest BCUT2D eigenvalue weighted by molar-refractivity contribution is 7.27. The topological polar surface area (TPSA) is 14.2 Å². The van der Waals surface area contributed by atoms with E-state index in [1.165, 1.54) is 52.8 Å². The molecule has 2 nitrogen and oxygen atoms in total. The Hall–Kier alpha value is -3.82. The van der Waals surface area contributed by atoms with E-state index in [-0.39, 0.29) is 0 Å².